The Morgan fingerprint density at radius 3 is 2.65 bits per heavy atom. The maximum atomic E-state index is 11.0. The first-order chi connectivity index (χ1) is 8.00. The second kappa shape index (κ2) is 4.22. The summed E-state index contributed by atoms with van der Waals surface area (Å²) < 4.78 is 0. The van der Waals surface area contributed by atoms with Crippen LogP contribution in [0.2, 0.25) is 5.02 Å². The number of aromatic amines is 1. The van der Waals surface area contributed by atoms with Gasteiger partial charge < -0.3 is 5.11 Å². The molecule has 0 spiro atoms. The molecule has 0 atom stereocenters. The molecule has 0 aliphatic rings. The van der Waals surface area contributed by atoms with Gasteiger partial charge in [-0.05, 0) is 31.5 Å². The Kier molecular flexibility index (Phi) is 2.90. The summed E-state index contributed by atoms with van der Waals surface area (Å²) in [6.45, 7) is 3.76. The predicted octanol–water partition coefficient (Wildman–Crippen LogP) is 3.05. The molecule has 2 aromatic rings. The lowest BCUT2D eigenvalue weighted by atomic mass is 10.0. The SMILES string of the molecule is Cc1n[nH]c(C)c1-c1ccc(Cl)c(C(=O)O)c1. The number of nitrogens with zero attached hydrogens (tertiary/aromatic N) is 1. The molecule has 17 heavy (non-hydrogen) atoms. The molecule has 0 fully saturated rings. The lowest BCUT2D eigenvalue weighted by Gasteiger charge is -2.05. The van der Waals surface area contributed by atoms with E-state index in [1.54, 1.807) is 18.2 Å². The Morgan fingerprint density at radius 2 is 2.12 bits per heavy atom. The van der Waals surface area contributed by atoms with Crippen LogP contribution in [0.4, 0.5) is 0 Å². The van der Waals surface area contributed by atoms with Crippen LogP contribution in [-0.2, 0) is 0 Å². The van der Waals surface area contributed by atoms with E-state index in [1.807, 2.05) is 13.8 Å². The van der Waals surface area contributed by atoms with Crippen molar-refractivity contribution in [2.24, 2.45) is 0 Å². The molecule has 2 rings (SSSR count). The number of carbonyl (C=O) groups is 1. The quantitative estimate of drug-likeness (QED) is 0.861. The molecule has 5 heteroatoms. The minimum absolute atomic E-state index is 0.101. The van der Waals surface area contributed by atoms with Crippen LogP contribution in [0.15, 0.2) is 18.2 Å². The third-order valence-corrected chi connectivity index (χ3v) is 2.94. The summed E-state index contributed by atoms with van der Waals surface area (Å²) in [7, 11) is 0. The van der Waals surface area contributed by atoms with Crippen LogP contribution in [0, 0.1) is 13.8 Å². The van der Waals surface area contributed by atoms with Gasteiger partial charge in [0.1, 0.15) is 0 Å². The van der Waals surface area contributed by atoms with Crippen LogP contribution in [0.3, 0.4) is 0 Å². The maximum Gasteiger partial charge on any atom is 0.337 e. The summed E-state index contributed by atoms with van der Waals surface area (Å²) in [4.78, 5) is 11.0. The van der Waals surface area contributed by atoms with Gasteiger partial charge in [0.25, 0.3) is 0 Å². The van der Waals surface area contributed by atoms with E-state index >= 15 is 0 Å². The molecule has 2 N–H and O–H groups in total. The van der Waals surface area contributed by atoms with Crippen LogP contribution in [0.25, 0.3) is 11.1 Å². The average molecular weight is 251 g/mol. The highest BCUT2D eigenvalue weighted by Gasteiger charge is 2.14. The van der Waals surface area contributed by atoms with Crippen molar-refractivity contribution < 1.29 is 9.90 Å². The number of H-pyrrole nitrogens is 1. The van der Waals surface area contributed by atoms with Crippen LogP contribution in [0.1, 0.15) is 21.7 Å². The van der Waals surface area contributed by atoms with Crippen molar-refractivity contribution in [3.05, 3.63) is 40.2 Å². The molecule has 88 valence electrons. The average Bonchev–Trinajstić information content (AvgIpc) is 2.59. The number of aryl methyl sites for hydroxylation is 2. The van der Waals surface area contributed by atoms with Crippen LogP contribution in [0.5, 0.6) is 0 Å². The summed E-state index contributed by atoms with van der Waals surface area (Å²) >= 11 is 5.83. The van der Waals surface area contributed by atoms with E-state index in [0.29, 0.717) is 0 Å². The Morgan fingerprint density at radius 1 is 1.41 bits per heavy atom. The first-order valence-corrected chi connectivity index (χ1v) is 5.43. The van der Waals surface area contributed by atoms with Gasteiger partial charge >= 0.3 is 5.97 Å². The van der Waals surface area contributed by atoms with Crippen LogP contribution >= 0.6 is 11.6 Å². The van der Waals surface area contributed by atoms with Crippen molar-refractivity contribution >= 4 is 17.6 Å². The van der Waals surface area contributed by atoms with Crippen LogP contribution in [-0.4, -0.2) is 21.3 Å². The van der Waals surface area contributed by atoms with Crippen LogP contribution < -0.4 is 0 Å². The number of hydrogen-bond acceptors (Lipinski definition) is 2. The van der Waals surface area contributed by atoms with Crippen molar-refractivity contribution in [2.75, 3.05) is 0 Å². The van der Waals surface area contributed by atoms with Gasteiger partial charge in [-0.15, -0.1) is 0 Å². The minimum Gasteiger partial charge on any atom is -0.478 e. The van der Waals surface area contributed by atoms with E-state index in [-0.39, 0.29) is 10.6 Å². The second-order valence-electron chi connectivity index (χ2n) is 3.81. The fraction of sp³-hybridized carbons (Fsp3) is 0.167. The molecule has 0 bridgehead atoms. The zero-order valence-electron chi connectivity index (χ0n) is 9.41. The summed E-state index contributed by atoms with van der Waals surface area (Å²) in [5.41, 5.74) is 3.56. The van der Waals surface area contributed by atoms with Gasteiger partial charge in [-0.2, -0.15) is 5.10 Å². The normalized spacial score (nSPS) is 10.5. The molecule has 1 heterocycles. The third kappa shape index (κ3) is 2.03. The number of aromatic carboxylic acids is 1. The summed E-state index contributed by atoms with van der Waals surface area (Å²) in [6.07, 6.45) is 0. The first-order valence-electron chi connectivity index (χ1n) is 5.05. The second-order valence-corrected chi connectivity index (χ2v) is 4.22. The third-order valence-electron chi connectivity index (χ3n) is 2.61. The molecule has 0 radical (unpaired) electrons. The van der Waals surface area contributed by atoms with E-state index in [9.17, 15) is 4.79 Å². The molecule has 0 saturated carbocycles. The van der Waals surface area contributed by atoms with Gasteiger partial charge in [0.05, 0.1) is 16.3 Å². The zero-order valence-corrected chi connectivity index (χ0v) is 10.2. The highest BCUT2D eigenvalue weighted by Crippen LogP contribution is 2.28. The van der Waals surface area contributed by atoms with Crippen molar-refractivity contribution in [3.8, 4) is 11.1 Å². The lowest BCUT2D eigenvalue weighted by molar-refractivity contribution is 0.0697. The van der Waals surface area contributed by atoms with E-state index in [0.717, 1.165) is 22.5 Å². The van der Waals surface area contributed by atoms with E-state index in [4.69, 9.17) is 16.7 Å². The zero-order chi connectivity index (χ0) is 12.6. The van der Waals surface area contributed by atoms with Crippen molar-refractivity contribution in [3.63, 3.8) is 0 Å². The maximum absolute atomic E-state index is 11.0. The van der Waals surface area contributed by atoms with Crippen molar-refractivity contribution in [2.45, 2.75) is 13.8 Å². The monoisotopic (exact) mass is 250 g/mol. The van der Waals surface area contributed by atoms with E-state index < -0.39 is 5.97 Å². The molecule has 1 aromatic carbocycles. The summed E-state index contributed by atoms with van der Waals surface area (Å²) in [5.74, 6) is -1.03. The number of rotatable bonds is 2. The number of hydrogen-bond donors (Lipinski definition) is 2. The molecule has 1 aromatic heterocycles. The highest BCUT2D eigenvalue weighted by atomic mass is 35.5. The van der Waals surface area contributed by atoms with E-state index in [2.05, 4.69) is 10.2 Å². The van der Waals surface area contributed by atoms with Crippen molar-refractivity contribution in [1.82, 2.24) is 10.2 Å². The van der Waals surface area contributed by atoms with Gasteiger partial charge in [0.2, 0.25) is 0 Å². The topological polar surface area (TPSA) is 66.0 Å². The Balaban J connectivity index is 2.62. The molecule has 0 aliphatic carbocycles. The van der Waals surface area contributed by atoms with Gasteiger partial charge in [0.15, 0.2) is 0 Å². The first kappa shape index (κ1) is 11.7. The highest BCUT2D eigenvalue weighted by molar-refractivity contribution is 6.33. The number of halogens is 1. The number of carboxylic acids is 1. The summed E-state index contributed by atoms with van der Waals surface area (Å²) in [6, 6.07) is 4.95. The smallest absolute Gasteiger partial charge is 0.337 e. The molecule has 0 saturated heterocycles. The molecule has 0 aliphatic heterocycles. The van der Waals surface area contributed by atoms with Crippen molar-refractivity contribution in [1.29, 1.82) is 0 Å². The number of aromatic nitrogens is 2. The Labute approximate surface area is 103 Å². The number of carboxylic acid groups (broad SMARTS) is 1. The van der Waals surface area contributed by atoms with E-state index in [1.165, 1.54) is 0 Å². The Hall–Kier alpha value is -1.81. The van der Waals surface area contributed by atoms with Gasteiger partial charge in [-0.1, -0.05) is 17.7 Å². The fourth-order valence-corrected chi connectivity index (χ4v) is 2.02. The Bertz CT molecular complexity index is 571. The molecule has 0 unspecified atom stereocenters. The largest absolute Gasteiger partial charge is 0.478 e. The molecular weight excluding hydrogens is 240 g/mol. The predicted molar refractivity (Wildman–Crippen MR) is 65.5 cm³/mol. The van der Waals surface area contributed by atoms with Gasteiger partial charge in [0, 0.05) is 11.3 Å². The number of benzene rings is 1. The van der Waals surface area contributed by atoms with Gasteiger partial charge in [-0.25, -0.2) is 4.79 Å². The minimum atomic E-state index is -1.03. The molecule has 0 amide bonds. The van der Waals surface area contributed by atoms with Gasteiger partial charge in [-0.3, -0.25) is 5.10 Å². The number of nitrogens with one attached hydrogen (secondary N) is 1. The lowest BCUT2D eigenvalue weighted by Crippen LogP contribution is -1.98. The summed E-state index contributed by atoms with van der Waals surface area (Å²) in [5, 5.41) is 16.2. The standard InChI is InChI=1S/C12H11ClN2O2/c1-6-11(7(2)15-14-6)8-3-4-10(13)9(5-8)12(16)17/h3-5H,1-2H3,(H,14,15)(H,16,17). The molecule has 4 nitrogen and oxygen atoms in total. The molecular formula is C12H11ClN2O2. The fourth-order valence-electron chi connectivity index (χ4n) is 1.82.